The molecule has 0 atom stereocenters. The third-order valence-corrected chi connectivity index (χ3v) is 4.40. The van der Waals surface area contributed by atoms with Crippen molar-refractivity contribution in [1.29, 1.82) is 0 Å². The van der Waals surface area contributed by atoms with Gasteiger partial charge in [0.15, 0.2) is 5.11 Å². The minimum Gasteiger partial charge on any atom is -0.332 e. The van der Waals surface area contributed by atoms with Crippen molar-refractivity contribution in [1.82, 2.24) is 9.78 Å². The first-order valence-corrected chi connectivity index (χ1v) is 9.16. The van der Waals surface area contributed by atoms with Crippen molar-refractivity contribution in [2.75, 3.05) is 10.6 Å². The van der Waals surface area contributed by atoms with Crippen molar-refractivity contribution >= 4 is 28.7 Å². The molecule has 0 spiro atoms. The average molecular weight is 365 g/mol. The molecular weight excluding hydrogens is 340 g/mol. The van der Waals surface area contributed by atoms with Crippen molar-refractivity contribution in [3.63, 3.8) is 0 Å². The number of benzene rings is 2. The SMILES string of the molecule is Cc1ccc(Cn2cc(NC(=S)Nc3ccc(C(C)C)cc3)cn2)cc1. The number of hydrogen-bond acceptors (Lipinski definition) is 2. The van der Waals surface area contributed by atoms with Crippen molar-refractivity contribution in [2.24, 2.45) is 0 Å². The molecule has 0 saturated heterocycles. The number of anilines is 2. The van der Waals surface area contributed by atoms with Crippen LogP contribution < -0.4 is 10.6 Å². The molecule has 3 rings (SSSR count). The third kappa shape index (κ3) is 4.92. The molecule has 2 aromatic carbocycles. The predicted octanol–water partition coefficient (Wildman–Crippen LogP) is 5.17. The molecule has 0 bridgehead atoms. The van der Waals surface area contributed by atoms with Crippen LogP contribution in [-0.2, 0) is 6.54 Å². The summed E-state index contributed by atoms with van der Waals surface area (Å²) < 4.78 is 1.90. The second kappa shape index (κ2) is 8.15. The Hall–Kier alpha value is -2.66. The highest BCUT2D eigenvalue weighted by Crippen LogP contribution is 2.17. The molecule has 0 radical (unpaired) electrons. The number of thiocarbonyl (C=S) groups is 1. The maximum atomic E-state index is 5.40. The number of aryl methyl sites for hydroxylation is 1. The standard InChI is InChI=1S/C21H24N4S/c1-15(2)18-8-10-19(11-9-18)23-21(26)24-20-12-22-25(14-20)13-17-6-4-16(3)5-7-17/h4-12,14-15H,13H2,1-3H3,(H2,23,24,26). The molecule has 3 aromatic rings. The molecule has 0 unspecified atom stereocenters. The maximum Gasteiger partial charge on any atom is 0.175 e. The molecular formula is C21H24N4S. The van der Waals surface area contributed by atoms with Crippen LogP contribution in [0.3, 0.4) is 0 Å². The number of aromatic nitrogens is 2. The van der Waals surface area contributed by atoms with Gasteiger partial charge in [-0.05, 0) is 48.3 Å². The fraction of sp³-hybridized carbons (Fsp3) is 0.238. The first kappa shape index (κ1) is 18.1. The van der Waals surface area contributed by atoms with E-state index in [-0.39, 0.29) is 0 Å². The second-order valence-corrected chi connectivity index (χ2v) is 7.18. The Kier molecular flexibility index (Phi) is 5.68. The summed E-state index contributed by atoms with van der Waals surface area (Å²) >= 11 is 5.40. The summed E-state index contributed by atoms with van der Waals surface area (Å²) in [5.41, 5.74) is 5.63. The van der Waals surface area contributed by atoms with E-state index in [9.17, 15) is 0 Å². The van der Waals surface area contributed by atoms with E-state index in [1.807, 2.05) is 23.0 Å². The fourth-order valence-electron chi connectivity index (χ4n) is 2.64. The molecule has 0 aliphatic rings. The van der Waals surface area contributed by atoms with Gasteiger partial charge in [0, 0.05) is 11.9 Å². The number of rotatable bonds is 5. The van der Waals surface area contributed by atoms with Crippen molar-refractivity contribution in [3.05, 3.63) is 77.6 Å². The van der Waals surface area contributed by atoms with E-state index in [0.717, 1.165) is 17.9 Å². The number of nitrogens with zero attached hydrogens (tertiary/aromatic N) is 2. The molecule has 1 aromatic heterocycles. The lowest BCUT2D eigenvalue weighted by Gasteiger charge is -2.10. The Morgan fingerprint density at radius 1 is 1.00 bits per heavy atom. The molecule has 26 heavy (non-hydrogen) atoms. The molecule has 0 fully saturated rings. The summed E-state index contributed by atoms with van der Waals surface area (Å²) in [6.45, 7) is 7.19. The molecule has 5 heteroatoms. The van der Waals surface area contributed by atoms with Crippen LogP contribution in [-0.4, -0.2) is 14.9 Å². The monoisotopic (exact) mass is 364 g/mol. The summed E-state index contributed by atoms with van der Waals surface area (Å²) in [7, 11) is 0. The normalized spacial score (nSPS) is 10.8. The topological polar surface area (TPSA) is 41.9 Å². The highest BCUT2D eigenvalue weighted by Gasteiger charge is 2.04. The quantitative estimate of drug-likeness (QED) is 0.613. The van der Waals surface area contributed by atoms with Gasteiger partial charge in [0.2, 0.25) is 0 Å². The Bertz CT molecular complexity index is 864. The number of hydrogen-bond donors (Lipinski definition) is 2. The third-order valence-electron chi connectivity index (χ3n) is 4.19. The van der Waals surface area contributed by atoms with Gasteiger partial charge in [-0.25, -0.2) is 0 Å². The minimum absolute atomic E-state index is 0.522. The molecule has 2 N–H and O–H groups in total. The molecule has 0 amide bonds. The van der Waals surface area contributed by atoms with Crippen LogP contribution in [0.5, 0.6) is 0 Å². The smallest absolute Gasteiger partial charge is 0.175 e. The van der Waals surface area contributed by atoms with Crippen molar-refractivity contribution in [2.45, 2.75) is 33.2 Å². The Morgan fingerprint density at radius 3 is 2.31 bits per heavy atom. The molecule has 0 aliphatic carbocycles. The van der Waals surface area contributed by atoms with Gasteiger partial charge in [-0.2, -0.15) is 5.10 Å². The van der Waals surface area contributed by atoms with Gasteiger partial charge in [-0.3, -0.25) is 4.68 Å². The van der Waals surface area contributed by atoms with Gasteiger partial charge in [0.1, 0.15) is 0 Å². The summed E-state index contributed by atoms with van der Waals surface area (Å²) in [6, 6.07) is 16.8. The van der Waals surface area contributed by atoms with E-state index >= 15 is 0 Å². The second-order valence-electron chi connectivity index (χ2n) is 6.77. The summed E-state index contributed by atoms with van der Waals surface area (Å²) in [5.74, 6) is 0.522. The van der Waals surface area contributed by atoms with E-state index in [1.54, 1.807) is 6.20 Å². The maximum absolute atomic E-state index is 5.40. The van der Waals surface area contributed by atoms with E-state index in [1.165, 1.54) is 16.7 Å². The Balaban J connectivity index is 1.56. The minimum atomic E-state index is 0.522. The van der Waals surface area contributed by atoms with Gasteiger partial charge in [0.25, 0.3) is 0 Å². The van der Waals surface area contributed by atoms with E-state index in [0.29, 0.717) is 11.0 Å². The molecule has 0 saturated carbocycles. The van der Waals surface area contributed by atoms with Crippen LogP contribution in [0.2, 0.25) is 0 Å². The lowest BCUT2D eigenvalue weighted by atomic mass is 10.0. The first-order chi connectivity index (χ1) is 12.5. The van der Waals surface area contributed by atoms with E-state index in [4.69, 9.17) is 12.2 Å². The fourth-order valence-corrected chi connectivity index (χ4v) is 2.88. The van der Waals surface area contributed by atoms with Crippen LogP contribution >= 0.6 is 12.2 Å². The van der Waals surface area contributed by atoms with Crippen molar-refractivity contribution in [3.8, 4) is 0 Å². The van der Waals surface area contributed by atoms with E-state index in [2.05, 4.69) is 72.9 Å². The van der Waals surface area contributed by atoms with Crippen molar-refractivity contribution < 1.29 is 0 Å². The lowest BCUT2D eigenvalue weighted by Crippen LogP contribution is -2.18. The Morgan fingerprint density at radius 2 is 1.65 bits per heavy atom. The van der Waals surface area contributed by atoms with Crippen LogP contribution in [0.4, 0.5) is 11.4 Å². The van der Waals surface area contributed by atoms with Gasteiger partial charge >= 0.3 is 0 Å². The van der Waals surface area contributed by atoms with Crippen LogP contribution in [0.1, 0.15) is 36.5 Å². The lowest BCUT2D eigenvalue weighted by molar-refractivity contribution is 0.687. The number of nitrogens with one attached hydrogen (secondary N) is 2. The van der Waals surface area contributed by atoms with Gasteiger partial charge in [-0.15, -0.1) is 0 Å². The zero-order chi connectivity index (χ0) is 18.5. The average Bonchev–Trinajstić information content (AvgIpc) is 3.04. The summed E-state index contributed by atoms with van der Waals surface area (Å²) in [6.07, 6.45) is 3.74. The first-order valence-electron chi connectivity index (χ1n) is 8.75. The Labute approximate surface area is 160 Å². The molecule has 134 valence electrons. The highest BCUT2D eigenvalue weighted by molar-refractivity contribution is 7.80. The molecule has 4 nitrogen and oxygen atoms in total. The van der Waals surface area contributed by atoms with Crippen LogP contribution in [0.25, 0.3) is 0 Å². The summed E-state index contributed by atoms with van der Waals surface area (Å²) in [4.78, 5) is 0. The van der Waals surface area contributed by atoms with Gasteiger partial charge < -0.3 is 10.6 Å². The zero-order valence-corrected chi connectivity index (χ0v) is 16.2. The zero-order valence-electron chi connectivity index (χ0n) is 15.4. The highest BCUT2D eigenvalue weighted by atomic mass is 32.1. The van der Waals surface area contributed by atoms with Gasteiger partial charge in [0.05, 0.1) is 18.4 Å². The van der Waals surface area contributed by atoms with E-state index < -0.39 is 0 Å². The van der Waals surface area contributed by atoms with Gasteiger partial charge in [-0.1, -0.05) is 55.8 Å². The molecule has 0 aliphatic heterocycles. The summed E-state index contributed by atoms with van der Waals surface area (Å²) in [5, 5.41) is 11.3. The van der Waals surface area contributed by atoms with Crippen LogP contribution in [0, 0.1) is 6.92 Å². The van der Waals surface area contributed by atoms with Crippen LogP contribution in [0.15, 0.2) is 60.9 Å². The molecule has 1 heterocycles. The largest absolute Gasteiger partial charge is 0.332 e. The predicted molar refractivity (Wildman–Crippen MR) is 113 cm³/mol.